The van der Waals surface area contributed by atoms with Crippen LogP contribution in [0.4, 0.5) is 0 Å². The third-order valence-electron chi connectivity index (χ3n) is 0.834. The van der Waals surface area contributed by atoms with Gasteiger partial charge < -0.3 is 5.32 Å². The summed E-state index contributed by atoms with van der Waals surface area (Å²) in [5.74, 6) is 0. The fourth-order valence-electron chi connectivity index (χ4n) is 0.425. The Bertz CT molecular complexity index is 74.6. The lowest BCUT2D eigenvalue weighted by Gasteiger charge is -1.91. The van der Waals surface area contributed by atoms with Gasteiger partial charge in [0.05, 0.1) is 0 Å². The summed E-state index contributed by atoms with van der Waals surface area (Å²) in [6, 6.07) is 0. The Morgan fingerprint density at radius 2 is 2.38 bits per heavy atom. The smallest absolute Gasteiger partial charge is 0.00169 e. The predicted octanol–water partition coefficient (Wildman–Crippen LogP) is 1.43. The minimum atomic E-state index is 1.04. The zero-order valence-corrected chi connectivity index (χ0v) is 6.33. The normalized spacial score (nSPS) is 12.1. The zero-order valence-electron chi connectivity index (χ0n) is 5.44. The summed E-state index contributed by atoms with van der Waals surface area (Å²) < 4.78 is 0. The van der Waals surface area contributed by atoms with Crippen molar-refractivity contribution in [2.45, 2.75) is 13.3 Å². The molecule has 0 atom stereocenters. The molecule has 1 nitrogen and oxygen atoms in total. The van der Waals surface area contributed by atoms with Crippen LogP contribution in [0.25, 0.3) is 0 Å². The number of allylic oxidation sites excluding steroid dienone is 1. The van der Waals surface area contributed by atoms with Crippen LogP contribution in [0, 0.1) is 0 Å². The summed E-state index contributed by atoms with van der Waals surface area (Å²) in [5.41, 5.74) is 0. The van der Waals surface area contributed by atoms with E-state index in [4.69, 9.17) is 0 Å². The summed E-state index contributed by atoms with van der Waals surface area (Å²) in [7, 11) is 1.95. The van der Waals surface area contributed by atoms with Crippen LogP contribution in [0.1, 0.15) is 13.3 Å². The van der Waals surface area contributed by atoms with Crippen molar-refractivity contribution in [1.29, 1.82) is 0 Å². The lowest BCUT2D eigenvalue weighted by Crippen LogP contribution is -2.05. The average molecular weight is 131 g/mol. The maximum absolute atomic E-state index is 4.10. The Morgan fingerprint density at radius 1 is 1.75 bits per heavy atom. The molecule has 0 rings (SSSR count). The van der Waals surface area contributed by atoms with E-state index in [1.807, 2.05) is 14.0 Å². The summed E-state index contributed by atoms with van der Waals surface area (Å²) in [4.78, 5) is 1.10. The lowest BCUT2D eigenvalue weighted by atomic mass is 10.4. The predicted molar refractivity (Wildman–Crippen MR) is 41.3 cm³/mol. The summed E-state index contributed by atoms with van der Waals surface area (Å²) in [6.45, 7) is 3.02. The number of hydrogen-bond donors (Lipinski definition) is 2. The van der Waals surface area contributed by atoms with Crippen LogP contribution in [0.2, 0.25) is 0 Å². The fourth-order valence-corrected chi connectivity index (χ4v) is 0.554. The monoisotopic (exact) mass is 131 g/mol. The van der Waals surface area contributed by atoms with Crippen LogP contribution >= 0.6 is 12.6 Å². The molecule has 0 saturated heterocycles. The van der Waals surface area contributed by atoms with E-state index in [9.17, 15) is 0 Å². The first-order valence-corrected chi connectivity index (χ1v) is 3.22. The molecular weight excluding hydrogens is 118 g/mol. The van der Waals surface area contributed by atoms with Gasteiger partial charge in [-0.1, -0.05) is 6.08 Å². The fraction of sp³-hybridized carbons (Fsp3) is 0.667. The minimum absolute atomic E-state index is 1.04. The molecule has 0 aromatic rings. The maximum Gasteiger partial charge on any atom is -0.00169 e. The van der Waals surface area contributed by atoms with E-state index in [0.717, 1.165) is 17.9 Å². The van der Waals surface area contributed by atoms with Crippen LogP contribution < -0.4 is 5.32 Å². The summed E-state index contributed by atoms with van der Waals surface area (Å²) in [5, 5.41) is 3.04. The van der Waals surface area contributed by atoms with Crippen LogP contribution in [0.5, 0.6) is 0 Å². The second-order valence-corrected chi connectivity index (χ2v) is 2.44. The maximum atomic E-state index is 4.10. The van der Waals surface area contributed by atoms with Crippen LogP contribution in [0.3, 0.4) is 0 Å². The topological polar surface area (TPSA) is 12.0 Å². The average Bonchev–Trinajstić information content (AvgIpc) is 1.66. The van der Waals surface area contributed by atoms with Gasteiger partial charge in [-0.15, -0.1) is 12.6 Å². The van der Waals surface area contributed by atoms with Crippen molar-refractivity contribution in [3.63, 3.8) is 0 Å². The van der Waals surface area contributed by atoms with Crippen molar-refractivity contribution in [3.05, 3.63) is 11.0 Å². The van der Waals surface area contributed by atoms with E-state index < -0.39 is 0 Å². The standard InChI is InChI=1S/C6H13NS/c1-6(8)4-3-5-7-2/h4,7-8H,3,5H2,1-2H3. The Kier molecular flexibility index (Phi) is 5.22. The van der Waals surface area contributed by atoms with Gasteiger partial charge in [-0.2, -0.15) is 0 Å². The highest BCUT2D eigenvalue weighted by Crippen LogP contribution is 1.97. The molecule has 0 spiro atoms. The quantitative estimate of drug-likeness (QED) is 0.436. The Hall–Kier alpha value is 0.0500. The molecule has 0 amide bonds. The molecule has 0 aliphatic rings. The molecule has 0 radical (unpaired) electrons. The van der Waals surface area contributed by atoms with Crippen molar-refractivity contribution >= 4 is 12.6 Å². The van der Waals surface area contributed by atoms with Crippen molar-refractivity contribution in [2.24, 2.45) is 0 Å². The van der Waals surface area contributed by atoms with E-state index >= 15 is 0 Å². The number of thiol groups is 1. The van der Waals surface area contributed by atoms with Gasteiger partial charge in [0.2, 0.25) is 0 Å². The van der Waals surface area contributed by atoms with E-state index in [2.05, 4.69) is 24.0 Å². The van der Waals surface area contributed by atoms with Gasteiger partial charge in [-0.05, 0) is 31.8 Å². The summed E-state index contributed by atoms with van der Waals surface area (Å²) in [6.07, 6.45) is 3.17. The summed E-state index contributed by atoms with van der Waals surface area (Å²) >= 11 is 4.10. The molecule has 2 heteroatoms. The molecule has 0 bridgehead atoms. The van der Waals surface area contributed by atoms with Gasteiger partial charge >= 0.3 is 0 Å². The first-order chi connectivity index (χ1) is 3.77. The lowest BCUT2D eigenvalue weighted by molar-refractivity contribution is 0.807. The molecule has 48 valence electrons. The van der Waals surface area contributed by atoms with E-state index in [-0.39, 0.29) is 0 Å². The Balaban J connectivity index is 3.03. The van der Waals surface area contributed by atoms with Crippen LogP contribution in [-0.4, -0.2) is 13.6 Å². The van der Waals surface area contributed by atoms with Gasteiger partial charge in [0.25, 0.3) is 0 Å². The number of rotatable bonds is 3. The number of nitrogens with one attached hydrogen (secondary N) is 1. The molecule has 0 aliphatic heterocycles. The first-order valence-electron chi connectivity index (χ1n) is 2.77. The highest BCUT2D eigenvalue weighted by atomic mass is 32.1. The second-order valence-electron chi connectivity index (χ2n) is 1.74. The molecule has 8 heavy (non-hydrogen) atoms. The van der Waals surface area contributed by atoms with Gasteiger partial charge in [0, 0.05) is 0 Å². The van der Waals surface area contributed by atoms with Gasteiger partial charge in [0.15, 0.2) is 0 Å². The third kappa shape index (κ3) is 6.05. The molecule has 0 heterocycles. The Morgan fingerprint density at radius 3 is 2.75 bits per heavy atom. The zero-order chi connectivity index (χ0) is 6.41. The largest absolute Gasteiger partial charge is 0.319 e. The van der Waals surface area contributed by atoms with Crippen molar-refractivity contribution in [3.8, 4) is 0 Å². The highest BCUT2D eigenvalue weighted by Gasteiger charge is 1.77. The van der Waals surface area contributed by atoms with Gasteiger partial charge in [-0.25, -0.2) is 0 Å². The van der Waals surface area contributed by atoms with Gasteiger partial charge in [0.1, 0.15) is 0 Å². The molecular formula is C6H13NS. The molecule has 0 aliphatic carbocycles. The van der Waals surface area contributed by atoms with Gasteiger partial charge in [-0.3, -0.25) is 0 Å². The van der Waals surface area contributed by atoms with E-state index in [0.29, 0.717) is 0 Å². The second kappa shape index (κ2) is 5.19. The van der Waals surface area contributed by atoms with E-state index in [1.165, 1.54) is 0 Å². The number of hydrogen-bond acceptors (Lipinski definition) is 2. The minimum Gasteiger partial charge on any atom is -0.319 e. The molecule has 0 unspecified atom stereocenters. The van der Waals surface area contributed by atoms with Crippen molar-refractivity contribution in [2.75, 3.05) is 13.6 Å². The van der Waals surface area contributed by atoms with Crippen LogP contribution in [-0.2, 0) is 0 Å². The molecule has 0 fully saturated rings. The SMILES string of the molecule is CNCCC=C(C)S. The molecule has 1 N–H and O–H groups in total. The van der Waals surface area contributed by atoms with Crippen molar-refractivity contribution in [1.82, 2.24) is 5.32 Å². The first kappa shape index (κ1) is 8.05. The molecule has 0 aromatic carbocycles. The van der Waals surface area contributed by atoms with Crippen LogP contribution in [0.15, 0.2) is 11.0 Å². The highest BCUT2D eigenvalue weighted by molar-refractivity contribution is 7.84. The van der Waals surface area contributed by atoms with E-state index in [1.54, 1.807) is 0 Å². The molecule has 0 saturated carbocycles. The third-order valence-corrected chi connectivity index (χ3v) is 1.02. The Labute approximate surface area is 56.6 Å². The molecule has 0 aromatic heterocycles. The van der Waals surface area contributed by atoms with Crippen molar-refractivity contribution < 1.29 is 0 Å².